The van der Waals surface area contributed by atoms with Crippen LogP contribution < -0.4 is 10.9 Å². The molecule has 1 heterocycles. The molecular formula is C27H37N3O. The van der Waals surface area contributed by atoms with Crippen LogP contribution in [0.3, 0.4) is 0 Å². The molecule has 0 fully saturated rings. The van der Waals surface area contributed by atoms with Crippen molar-refractivity contribution in [3.63, 3.8) is 0 Å². The maximum absolute atomic E-state index is 12.8. The van der Waals surface area contributed by atoms with Crippen LogP contribution in [-0.2, 0) is 6.54 Å². The molecule has 0 aliphatic carbocycles. The topological polar surface area (TPSA) is 49.8 Å². The highest BCUT2D eigenvalue weighted by Crippen LogP contribution is 2.27. The molecule has 0 aliphatic heterocycles. The number of anilines is 2. The number of hydrogen-bond donors (Lipinski definition) is 2. The first-order valence-corrected chi connectivity index (χ1v) is 12.0. The fourth-order valence-corrected chi connectivity index (χ4v) is 4.06. The van der Waals surface area contributed by atoms with Crippen LogP contribution in [0.1, 0.15) is 71.1 Å². The van der Waals surface area contributed by atoms with Crippen molar-refractivity contribution < 1.29 is 0 Å². The lowest BCUT2D eigenvalue weighted by atomic mass is 10.1. The van der Waals surface area contributed by atoms with Gasteiger partial charge in [-0.2, -0.15) is 0 Å². The molecule has 166 valence electrons. The molecule has 3 rings (SSSR count). The summed E-state index contributed by atoms with van der Waals surface area (Å²) in [4.78, 5) is 12.8. The first-order valence-electron chi connectivity index (χ1n) is 12.0. The number of nitrogens with one attached hydrogen (secondary N) is 2. The zero-order valence-corrected chi connectivity index (χ0v) is 18.9. The van der Waals surface area contributed by atoms with Gasteiger partial charge in [-0.05, 0) is 24.1 Å². The summed E-state index contributed by atoms with van der Waals surface area (Å²) in [6.45, 7) is 3.08. The van der Waals surface area contributed by atoms with E-state index in [0.717, 1.165) is 30.0 Å². The van der Waals surface area contributed by atoms with Gasteiger partial charge in [-0.25, -0.2) is 0 Å². The van der Waals surface area contributed by atoms with Crippen LogP contribution in [0.15, 0.2) is 65.5 Å². The third kappa shape index (κ3) is 7.16. The van der Waals surface area contributed by atoms with Crippen LogP contribution >= 0.6 is 0 Å². The zero-order valence-electron chi connectivity index (χ0n) is 18.9. The van der Waals surface area contributed by atoms with Gasteiger partial charge in [0.15, 0.2) is 0 Å². The molecule has 0 saturated heterocycles. The van der Waals surface area contributed by atoms with Gasteiger partial charge in [-0.15, -0.1) is 0 Å². The SMILES string of the molecule is CCCCCCCCCCCCn1[nH]c(=O)c(-c2ccccc2)c1Nc1ccccc1. The van der Waals surface area contributed by atoms with Gasteiger partial charge in [0.25, 0.3) is 5.56 Å². The molecule has 0 amide bonds. The van der Waals surface area contributed by atoms with Crippen LogP contribution in [0.4, 0.5) is 11.5 Å². The molecule has 0 saturated carbocycles. The van der Waals surface area contributed by atoms with E-state index >= 15 is 0 Å². The Labute approximate surface area is 186 Å². The molecule has 0 atom stereocenters. The Kier molecular flexibility index (Phi) is 9.49. The van der Waals surface area contributed by atoms with Gasteiger partial charge < -0.3 is 5.32 Å². The van der Waals surface area contributed by atoms with Crippen LogP contribution in [-0.4, -0.2) is 9.78 Å². The van der Waals surface area contributed by atoms with Crippen LogP contribution in [0.5, 0.6) is 0 Å². The van der Waals surface area contributed by atoms with Gasteiger partial charge in [0.1, 0.15) is 5.82 Å². The molecule has 2 aromatic carbocycles. The van der Waals surface area contributed by atoms with Gasteiger partial charge >= 0.3 is 0 Å². The van der Waals surface area contributed by atoms with Gasteiger partial charge in [-0.3, -0.25) is 14.6 Å². The molecule has 0 bridgehead atoms. The monoisotopic (exact) mass is 419 g/mol. The Morgan fingerprint density at radius 3 is 1.90 bits per heavy atom. The number of hydrogen-bond acceptors (Lipinski definition) is 2. The van der Waals surface area contributed by atoms with Gasteiger partial charge in [0.2, 0.25) is 0 Å². The number of aromatic nitrogens is 2. The lowest BCUT2D eigenvalue weighted by molar-refractivity contribution is 0.517. The van der Waals surface area contributed by atoms with Crippen molar-refractivity contribution in [1.29, 1.82) is 0 Å². The second kappa shape index (κ2) is 12.8. The first-order chi connectivity index (χ1) is 15.3. The fourth-order valence-electron chi connectivity index (χ4n) is 4.06. The van der Waals surface area contributed by atoms with E-state index in [1.807, 2.05) is 65.3 Å². The Hall–Kier alpha value is -2.75. The Morgan fingerprint density at radius 2 is 1.29 bits per heavy atom. The average molecular weight is 420 g/mol. The third-order valence-electron chi connectivity index (χ3n) is 5.80. The highest BCUT2D eigenvalue weighted by atomic mass is 16.1. The van der Waals surface area contributed by atoms with Crippen molar-refractivity contribution in [1.82, 2.24) is 9.78 Å². The maximum atomic E-state index is 12.8. The first kappa shape index (κ1) is 22.9. The second-order valence-corrected chi connectivity index (χ2v) is 8.36. The molecular weight excluding hydrogens is 382 g/mol. The summed E-state index contributed by atoms with van der Waals surface area (Å²) >= 11 is 0. The molecule has 0 radical (unpaired) electrons. The minimum absolute atomic E-state index is 0.0447. The number of unbranched alkanes of at least 4 members (excludes halogenated alkanes) is 9. The highest BCUT2D eigenvalue weighted by molar-refractivity contribution is 5.78. The molecule has 4 nitrogen and oxygen atoms in total. The van der Waals surface area contributed by atoms with E-state index in [9.17, 15) is 4.79 Å². The molecule has 0 unspecified atom stereocenters. The van der Waals surface area contributed by atoms with Crippen LogP contribution in [0.2, 0.25) is 0 Å². The minimum Gasteiger partial charge on any atom is -0.340 e. The predicted octanol–water partition coefficient (Wildman–Crippen LogP) is 7.51. The van der Waals surface area contributed by atoms with E-state index in [1.54, 1.807) is 0 Å². The molecule has 0 spiro atoms. The number of para-hydroxylation sites is 1. The smallest absolute Gasteiger partial charge is 0.274 e. The summed E-state index contributed by atoms with van der Waals surface area (Å²) in [6, 6.07) is 20.0. The second-order valence-electron chi connectivity index (χ2n) is 8.36. The maximum Gasteiger partial charge on any atom is 0.274 e. The Bertz CT molecular complexity index is 928. The van der Waals surface area contributed by atoms with Gasteiger partial charge in [-0.1, -0.05) is 113 Å². The normalized spacial score (nSPS) is 11.0. The van der Waals surface area contributed by atoms with Crippen molar-refractivity contribution in [3.8, 4) is 11.1 Å². The summed E-state index contributed by atoms with van der Waals surface area (Å²) in [5, 5.41) is 6.54. The Balaban J connectivity index is 1.59. The third-order valence-corrected chi connectivity index (χ3v) is 5.80. The van der Waals surface area contributed by atoms with Crippen molar-refractivity contribution in [2.45, 2.75) is 77.7 Å². The number of benzene rings is 2. The van der Waals surface area contributed by atoms with Crippen LogP contribution in [0, 0.1) is 0 Å². The number of nitrogens with zero attached hydrogens (tertiary/aromatic N) is 1. The van der Waals surface area contributed by atoms with Crippen LogP contribution in [0.25, 0.3) is 11.1 Å². The van der Waals surface area contributed by atoms with E-state index in [0.29, 0.717) is 5.56 Å². The van der Waals surface area contributed by atoms with E-state index in [4.69, 9.17) is 0 Å². The highest BCUT2D eigenvalue weighted by Gasteiger charge is 2.16. The van der Waals surface area contributed by atoms with Gasteiger partial charge in [0.05, 0.1) is 5.56 Å². The largest absolute Gasteiger partial charge is 0.340 e. The summed E-state index contributed by atoms with van der Waals surface area (Å²) < 4.78 is 1.99. The number of H-pyrrole nitrogens is 1. The molecule has 4 heteroatoms. The predicted molar refractivity (Wildman–Crippen MR) is 132 cm³/mol. The molecule has 2 N–H and O–H groups in total. The minimum atomic E-state index is -0.0447. The summed E-state index contributed by atoms with van der Waals surface area (Å²) in [5.74, 6) is 0.846. The lowest BCUT2D eigenvalue weighted by Crippen LogP contribution is -2.08. The van der Waals surface area contributed by atoms with Crippen molar-refractivity contribution in [2.75, 3.05) is 5.32 Å². The Morgan fingerprint density at radius 1 is 0.742 bits per heavy atom. The van der Waals surface area contributed by atoms with Gasteiger partial charge in [0, 0.05) is 12.2 Å². The standard InChI is InChI=1S/C27H37N3O/c1-2-3-4-5-6-7-8-9-10-17-22-30-26(28-24-20-15-12-16-21-24)25(27(31)29-30)23-18-13-11-14-19-23/h11-16,18-21,28H,2-10,17,22H2,1H3,(H,29,31). The number of aromatic amines is 1. The molecule has 3 aromatic rings. The molecule has 0 aliphatic rings. The fraction of sp³-hybridized carbons (Fsp3) is 0.444. The summed E-state index contributed by atoms with van der Waals surface area (Å²) in [5.41, 5.74) is 2.58. The quantitative estimate of drug-likeness (QED) is 0.266. The number of rotatable bonds is 14. The van der Waals surface area contributed by atoms with Crippen molar-refractivity contribution >= 4 is 11.5 Å². The molecule has 31 heavy (non-hydrogen) atoms. The van der Waals surface area contributed by atoms with E-state index in [-0.39, 0.29) is 5.56 Å². The zero-order chi connectivity index (χ0) is 21.7. The van der Waals surface area contributed by atoms with Crippen molar-refractivity contribution in [3.05, 3.63) is 71.0 Å². The van der Waals surface area contributed by atoms with E-state index in [2.05, 4.69) is 17.3 Å². The summed E-state index contributed by atoms with van der Waals surface area (Å²) in [7, 11) is 0. The summed E-state index contributed by atoms with van der Waals surface area (Å²) in [6.07, 6.45) is 13.0. The van der Waals surface area contributed by atoms with E-state index < -0.39 is 0 Å². The lowest BCUT2D eigenvalue weighted by Gasteiger charge is -2.13. The average Bonchev–Trinajstić information content (AvgIpc) is 3.11. The van der Waals surface area contributed by atoms with E-state index in [1.165, 1.54) is 57.8 Å². The number of aryl methyl sites for hydroxylation is 1. The molecule has 1 aromatic heterocycles. The van der Waals surface area contributed by atoms with Crippen molar-refractivity contribution in [2.24, 2.45) is 0 Å².